The van der Waals surface area contributed by atoms with E-state index in [0.717, 1.165) is 5.56 Å². The summed E-state index contributed by atoms with van der Waals surface area (Å²) in [6.45, 7) is 6.94. The van der Waals surface area contributed by atoms with Crippen LogP contribution in [0.3, 0.4) is 0 Å². The fourth-order valence-electron chi connectivity index (χ4n) is 1.56. The molecule has 5 heteroatoms. The third-order valence-electron chi connectivity index (χ3n) is 2.63. The number of ether oxygens (including phenoxy) is 1. The zero-order valence-corrected chi connectivity index (χ0v) is 12.5. The van der Waals surface area contributed by atoms with Crippen LogP contribution in [-0.4, -0.2) is 25.1 Å². The van der Waals surface area contributed by atoms with Crippen molar-refractivity contribution in [3.05, 3.63) is 29.6 Å². The van der Waals surface area contributed by atoms with Crippen LogP contribution in [0, 0.1) is 5.82 Å². The standard InChI is InChI=1S/C15H23FN2O2/c1-15(2,3)18-10-11-7-12(16)9-13(8-11)20-6-5-14(19)17-4/h7-9,18H,5-6,10H2,1-4H3,(H,17,19). The quantitative estimate of drug-likeness (QED) is 0.841. The Bertz CT molecular complexity index is 456. The van der Waals surface area contributed by atoms with Crippen molar-refractivity contribution >= 4 is 5.91 Å². The van der Waals surface area contributed by atoms with Crippen molar-refractivity contribution in [3.8, 4) is 5.75 Å². The Labute approximate surface area is 119 Å². The second-order valence-electron chi connectivity index (χ2n) is 5.67. The van der Waals surface area contributed by atoms with Crippen LogP contribution in [0.15, 0.2) is 18.2 Å². The summed E-state index contributed by atoms with van der Waals surface area (Å²) in [5.41, 5.74) is 0.780. The van der Waals surface area contributed by atoms with Crippen molar-refractivity contribution in [3.63, 3.8) is 0 Å². The zero-order chi connectivity index (χ0) is 15.2. The van der Waals surface area contributed by atoms with Crippen molar-refractivity contribution in [1.29, 1.82) is 0 Å². The largest absolute Gasteiger partial charge is 0.493 e. The molecule has 0 aliphatic rings. The molecule has 0 saturated carbocycles. The average molecular weight is 282 g/mol. The van der Waals surface area contributed by atoms with Gasteiger partial charge in [-0.3, -0.25) is 4.79 Å². The normalized spacial score (nSPS) is 11.2. The highest BCUT2D eigenvalue weighted by Crippen LogP contribution is 2.17. The maximum atomic E-state index is 13.5. The molecule has 1 aromatic rings. The molecular weight excluding hydrogens is 259 g/mol. The summed E-state index contributed by atoms with van der Waals surface area (Å²) in [6.07, 6.45) is 0.253. The molecule has 1 amide bonds. The lowest BCUT2D eigenvalue weighted by Crippen LogP contribution is -2.35. The molecule has 0 aliphatic carbocycles. The van der Waals surface area contributed by atoms with E-state index < -0.39 is 0 Å². The van der Waals surface area contributed by atoms with E-state index in [-0.39, 0.29) is 30.3 Å². The van der Waals surface area contributed by atoms with Crippen molar-refractivity contribution in [2.45, 2.75) is 39.3 Å². The second-order valence-corrected chi connectivity index (χ2v) is 5.67. The summed E-state index contributed by atoms with van der Waals surface area (Å²) in [4.78, 5) is 11.1. The Morgan fingerprint density at radius 1 is 1.30 bits per heavy atom. The van der Waals surface area contributed by atoms with Gasteiger partial charge in [0.05, 0.1) is 13.0 Å². The number of rotatable bonds is 6. The van der Waals surface area contributed by atoms with E-state index in [4.69, 9.17) is 4.74 Å². The fourth-order valence-corrected chi connectivity index (χ4v) is 1.56. The number of amides is 1. The van der Waals surface area contributed by atoms with Gasteiger partial charge in [0.15, 0.2) is 0 Å². The molecular formula is C15H23FN2O2. The van der Waals surface area contributed by atoms with Crippen LogP contribution in [0.1, 0.15) is 32.8 Å². The van der Waals surface area contributed by atoms with Gasteiger partial charge in [0.25, 0.3) is 0 Å². The third-order valence-corrected chi connectivity index (χ3v) is 2.63. The Morgan fingerprint density at radius 3 is 2.60 bits per heavy atom. The first-order valence-corrected chi connectivity index (χ1v) is 6.68. The Morgan fingerprint density at radius 2 is 2.00 bits per heavy atom. The van der Waals surface area contributed by atoms with E-state index >= 15 is 0 Å². The average Bonchev–Trinajstić information content (AvgIpc) is 2.35. The predicted molar refractivity (Wildman–Crippen MR) is 77.2 cm³/mol. The molecule has 0 radical (unpaired) electrons. The van der Waals surface area contributed by atoms with Gasteiger partial charge >= 0.3 is 0 Å². The molecule has 0 bridgehead atoms. The number of nitrogens with one attached hydrogen (secondary N) is 2. The minimum atomic E-state index is -0.340. The van der Waals surface area contributed by atoms with Crippen LogP contribution in [0.2, 0.25) is 0 Å². The van der Waals surface area contributed by atoms with Gasteiger partial charge < -0.3 is 15.4 Å². The highest BCUT2D eigenvalue weighted by atomic mass is 19.1. The molecule has 20 heavy (non-hydrogen) atoms. The second kappa shape index (κ2) is 7.24. The molecule has 2 N–H and O–H groups in total. The molecule has 0 unspecified atom stereocenters. The van der Waals surface area contributed by atoms with Crippen molar-refractivity contribution < 1.29 is 13.9 Å². The minimum Gasteiger partial charge on any atom is -0.493 e. The first kappa shape index (κ1) is 16.4. The fraction of sp³-hybridized carbons (Fsp3) is 0.533. The zero-order valence-electron chi connectivity index (χ0n) is 12.5. The molecule has 0 fully saturated rings. The number of hydrogen-bond acceptors (Lipinski definition) is 3. The molecule has 0 aliphatic heterocycles. The molecule has 0 saturated heterocycles. The molecule has 1 rings (SSSR count). The van der Waals surface area contributed by atoms with Gasteiger partial charge in [-0.15, -0.1) is 0 Å². The van der Waals surface area contributed by atoms with Gasteiger partial charge in [-0.2, -0.15) is 0 Å². The van der Waals surface area contributed by atoms with Crippen LogP contribution in [0.4, 0.5) is 4.39 Å². The van der Waals surface area contributed by atoms with Gasteiger partial charge in [-0.1, -0.05) is 0 Å². The molecule has 112 valence electrons. The Kier molecular flexibility index (Phi) is 5.95. The topological polar surface area (TPSA) is 50.4 Å². The van der Waals surface area contributed by atoms with Crippen LogP contribution in [0.25, 0.3) is 0 Å². The molecule has 0 atom stereocenters. The molecule has 1 aromatic carbocycles. The number of hydrogen-bond donors (Lipinski definition) is 2. The maximum Gasteiger partial charge on any atom is 0.223 e. The molecule has 4 nitrogen and oxygen atoms in total. The lowest BCUT2D eigenvalue weighted by molar-refractivity contribution is -0.121. The van der Waals surface area contributed by atoms with E-state index in [1.54, 1.807) is 13.1 Å². The third kappa shape index (κ3) is 6.52. The molecule has 0 heterocycles. The Balaban J connectivity index is 2.59. The highest BCUT2D eigenvalue weighted by molar-refractivity contribution is 5.75. The van der Waals surface area contributed by atoms with Crippen molar-refractivity contribution in [2.75, 3.05) is 13.7 Å². The van der Waals surface area contributed by atoms with Gasteiger partial charge in [-0.05, 0) is 38.5 Å². The number of benzene rings is 1. The summed E-state index contributed by atoms with van der Waals surface area (Å²) in [5, 5.41) is 5.80. The lowest BCUT2D eigenvalue weighted by Gasteiger charge is -2.20. The summed E-state index contributed by atoms with van der Waals surface area (Å²) in [5.74, 6) is 0.00351. The summed E-state index contributed by atoms with van der Waals surface area (Å²) in [6, 6.07) is 4.58. The van der Waals surface area contributed by atoms with Crippen LogP contribution < -0.4 is 15.4 Å². The molecule has 0 aromatic heterocycles. The van der Waals surface area contributed by atoms with Crippen molar-refractivity contribution in [2.24, 2.45) is 0 Å². The monoisotopic (exact) mass is 282 g/mol. The van der Waals surface area contributed by atoms with Gasteiger partial charge in [-0.25, -0.2) is 4.39 Å². The predicted octanol–water partition coefficient (Wildman–Crippen LogP) is 2.23. The summed E-state index contributed by atoms with van der Waals surface area (Å²) in [7, 11) is 1.57. The summed E-state index contributed by atoms with van der Waals surface area (Å²) >= 11 is 0. The number of carbonyl (C=O) groups is 1. The van der Waals surface area contributed by atoms with E-state index in [0.29, 0.717) is 12.3 Å². The SMILES string of the molecule is CNC(=O)CCOc1cc(F)cc(CNC(C)(C)C)c1. The van der Waals surface area contributed by atoms with E-state index in [9.17, 15) is 9.18 Å². The minimum absolute atomic E-state index is 0.0352. The van der Waals surface area contributed by atoms with E-state index in [1.807, 2.05) is 20.8 Å². The van der Waals surface area contributed by atoms with E-state index in [2.05, 4.69) is 10.6 Å². The maximum absolute atomic E-state index is 13.5. The lowest BCUT2D eigenvalue weighted by atomic mass is 10.1. The van der Waals surface area contributed by atoms with Gasteiger partial charge in [0.2, 0.25) is 5.91 Å². The number of halogens is 1. The van der Waals surface area contributed by atoms with Crippen LogP contribution in [-0.2, 0) is 11.3 Å². The first-order valence-electron chi connectivity index (χ1n) is 6.68. The smallest absolute Gasteiger partial charge is 0.223 e. The van der Waals surface area contributed by atoms with Crippen LogP contribution >= 0.6 is 0 Å². The number of carbonyl (C=O) groups excluding carboxylic acids is 1. The van der Waals surface area contributed by atoms with Gasteiger partial charge in [0.1, 0.15) is 11.6 Å². The molecule has 0 spiro atoms. The van der Waals surface area contributed by atoms with Crippen LogP contribution in [0.5, 0.6) is 5.75 Å². The Hall–Kier alpha value is -1.62. The van der Waals surface area contributed by atoms with Crippen molar-refractivity contribution in [1.82, 2.24) is 10.6 Å². The van der Waals surface area contributed by atoms with E-state index in [1.165, 1.54) is 12.1 Å². The highest BCUT2D eigenvalue weighted by Gasteiger charge is 2.10. The van der Waals surface area contributed by atoms with Gasteiger partial charge in [0, 0.05) is 25.2 Å². The first-order chi connectivity index (χ1) is 9.30. The summed E-state index contributed by atoms with van der Waals surface area (Å²) < 4.78 is 18.9.